The number of carbonyl (C=O) groups is 1. The summed E-state index contributed by atoms with van der Waals surface area (Å²) in [5, 5.41) is 33.5. The average molecular weight is 734 g/mol. The van der Waals surface area contributed by atoms with Gasteiger partial charge in [0.15, 0.2) is 0 Å². The van der Waals surface area contributed by atoms with Gasteiger partial charge in [-0.3, -0.25) is 4.79 Å². The van der Waals surface area contributed by atoms with E-state index < -0.39 is 18.2 Å². The molecule has 0 spiro atoms. The maximum absolute atomic E-state index is 12.4. The van der Waals surface area contributed by atoms with Crippen LogP contribution in [0.15, 0.2) is 24.3 Å². The van der Waals surface area contributed by atoms with E-state index in [0.717, 1.165) is 38.5 Å². The van der Waals surface area contributed by atoms with Gasteiger partial charge in [0.1, 0.15) is 6.10 Å². The Balaban J connectivity index is 3.64. The van der Waals surface area contributed by atoms with Crippen molar-refractivity contribution >= 4 is 5.91 Å². The summed E-state index contributed by atoms with van der Waals surface area (Å²) in [6.07, 6.45) is 51.5. The summed E-state index contributed by atoms with van der Waals surface area (Å²) < 4.78 is 0. The highest BCUT2D eigenvalue weighted by atomic mass is 16.3. The fourth-order valence-corrected chi connectivity index (χ4v) is 7.16. The molecule has 308 valence electrons. The van der Waals surface area contributed by atoms with Gasteiger partial charge >= 0.3 is 0 Å². The maximum Gasteiger partial charge on any atom is 0.220 e. The molecule has 0 aromatic heterocycles. The largest absolute Gasteiger partial charge is 0.394 e. The van der Waals surface area contributed by atoms with Gasteiger partial charge in [0.05, 0.1) is 18.8 Å². The van der Waals surface area contributed by atoms with Gasteiger partial charge in [-0.05, 0) is 64.2 Å². The second kappa shape index (κ2) is 42.6. The quantitative estimate of drug-likeness (QED) is 0.0371. The molecule has 0 aliphatic heterocycles. The molecule has 3 atom stereocenters. The summed E-state index contributed by atoms with van der Waals surface area (Å²) in [6, 6.07) is -0.826. The highest BCUT2D eigenvalue weighted by Gasteiger charge is 2.26. The lowest BCUT2D eigenvalue weighted by Crippen LogP contribution is -2.50. The summed E-state index contributed by atoms with van der Waals surface area (Å²) in [6.45, 7) is 4.18. The van der Waals surface area contributed by atoms with Crippen LogP contribution in [-0.2, 0) is 4.79 Å². The van der Waals surface area contributed by atoms with E-state index in [1.54, 1.807) is 0 Å². The van der Waals surface area contributed by atoms with Crippen LogP contribution in [0.25, 0.3) is 0 Å². The van der Waals surface area contributed by atoms with Gasteiger partial charge in [-0.1, -0.05) is 199 Å². The molecule has 0 aliphatic carbocycles. The molecular formula is C47H91NO4. The molecule has 1 amide bonds. The number of carbonyl (C=O) groups excluding carboxylic acids is 1. The SMILES string of the molecule is CCCCCCCCCCCCC/C=C\CCCCCCCCCC(=O)NC(CO)C(O)C(O)CCC/C=C/CCCCCCCCCCCCC. The zero-order valence-corrected chi connectivity index (χ0v) is 35.0. The Kier molecular flexibility index (Phi) is 41.6. The van der Waals surface area contributed by atoms with Gasteiger partial charge in [0.2, 0.25) is 5.91 Å². The van der Waals surface area contributed by atoms with Crippen LogP contribution in [0, 0.1) is 0 Å². The molecule has 4 N–H and O–H groups in total. The molecule has 52 heavy (non-hydrogen) atoms. The molecule has 0 radical (unpaired) electrons. The number of nitrogens with one attached hydrogen (secondary N) is 1. The van der Waals surface area contributed by atoms with Crippen molar-refractivity contribution in [1.29, 1.82) is 0 Å². The van der Waals surface area contributed by atoms with Crippen molar-refractivity contribution in [3.63, 3.8) is 0 Å². The van der Waals surface area contributed by atoms with Crippen LogP contribution in [0.2, 0.25) is 0 Å². The third-order valence-corrected chi connectivity index (χ3v) is 10.8. The molecule has 0 aromatic rings. The van der Waals surface area contributed by atoms with E-state index in [0.29, 0.717) is 12.8 Å². The molecule has 3 unspecified atom stereocenters. The maximum atomic E-state index is 12.4. The van der Waals surface area contributed by atoms with Crippen LogP contribution in [0.1, 0.15) is 245 Å². The number of amides is 1. The molecule has 5 heteroatoms. The Morgan fingerprint density at radius 3 is 1.12 bits per heavy atom. The lowest BCUT2D eigenvalue weighted by Gasteiger charge is -2.26. The van der Waals surface area contributed by atoms with Crippen molar-refractivity contribution in [2.45, 2.75) is 263 Å². The van der Waals surface area contributed by atoms with E-state index in [1.807, 2.05) is 0 Å². The van der Waals surface area contributed by atoms with Crippen molar-refractivity contribution in [3.05, 3.63) is 24.3 Å². The van der Waals surface area contributed by atoms with E-state index in [4.69, 9.17) is 0 Å². The zero-order chi connectivity index (χ0) is 38.0. The minimum absolute atomic E-state index is 0.157. The third-order valence-electron chi connectivity index (χ3n) is 10.8. The first-order chi connectivity index (χ1) is 25.6. The second-order valence-electron chi connectivity index (χ2n) is 16.0. The molecule has 0 saturated carbocycles. The molecule has 0 aliphatic rings. The molecule has 0 saturated heterocycles. The van der Waals surface area contributed by atoms with Crippen LogP contribution >= 0.6 is 0 Å². The number of rotatable bonds is 42. The molecule has 0 fully saturated rings. The lowest BCUT2D eigenvalue weighted by atomic mass is 10.0. The van der Waals surface area contributed by atoms with Crippen molar-refractivity contribution in [2.24, 2.45) is 0 Å². The summed E-state index contributed by atoms with van der Waals surface area (Å²) in [5.74, 6) is -0.157. The summed E-state index contributed by atoms with van der Waals surface area (Å²) in [5.41, 5.74) is 0. The van der Waals surface area contributed by atoms with Crippen LogP contribution in [0.3, 0.4) is 0 Å². The summed E-state index contributed by atoms with van der Waals surface area (Å²) in [4.78, 5) is 12.4. The predicted molar refractivity (Wildman–Crippen MR) is 227 cm³/mol. The Labute approximate surface area is 324 Å². The van der Waals surface area contributed by atoms with Crippen molar-refractivity contribution in [1.82, 2.24) is 5.32 Å². The normalized spacial score (nSPS) is 13.7. The number of hydrogen-bond donors (Lipinski definition) is 4. The van der Waals surface area contributed by atoms with E-state index in [-0.39, 0.29) is 12.5 Å². The van der Waals surface area contributed by atoms with E-state index in [9.17, 15) is 20.1 Å². The van der Waals surface area contributed by atoms with Crippen LogP contribution in [0.5, 0.6) is 0 Å². The second-order valence-corrected chi connectivity index (χ2v) is 16.0. The van der Waals surface area contributed by atoms with Gasteiger partial charge in [-0.25, -0.2) is 0 Å². The van der Waals surface area contributed by atoms with E-state index in [2.05, 4.69) is 43.5 Å². The van der Waals surface area contributed by atoms with Gasteiger partial charge < -0.3 is 20.6 Å². The minimum atomic E-state index is -1.16. The first kappa shape index (κ1) is 50.8. The molecule has 0 aromatic carbocycles. The average Bonchev–Trinajstić information content (AvgIpc) is 3.15. The first-order valence-electron chi connectivity index (χ1n) is 23.1. The van der Waals surface area contributed by atoms with Crippen LogP contribution < -0.4 is 5.32 Å². The first-order valence-corrected chi connectivity index (χ1v) is 23.1. The number of hydrogen-bond acceptors (Lipinski definition) is 4. The van der Waals surface area contributed by atoms with Crippen molar-refractivity contribution in [3.8, 4) is 0 Å². The number of allylic oxidation sites excluding steroid dienone is 4. The van der Waals surface area contributed by atoms with Gasteiger partial charge in [0, 0.05) is 6.42 Å². The fourth-order valence-electron chi connectivity index (χ4n) is 7.16. The Morgan fingerprint density at radius 2 is 0.769 bits per heavy atom. The number of aliphatic hydroxyl groups is 3. The molecule has 0 heterocycles. The predicted octanol–water partition coefficient (Wildman–Crippen LogP) is 13.4. The minimum Gasteiger partial charge on any atom is -0.394 e. The van der Waals surface area contributed by atoms with Gasteiger partial charge in [-0.15, -0.1) is 0 Å². The molecule has 5 nitrogen and oxygen atoms in total. The lowest BCUT2D eigenvalue weighted by molar-refractivity contribution is -0.124. The van der Waals surface area contributed by atoms with Gasteiger partial charge in [0.25, 0.3) is 0 Å². The highest BCUT2D eigenvalue weighted by molar-refractivity contribution is 5.76. The van der Waals surface area contributed by atoms with Crippen LogP contribution in [0.4, 0.5) is 0 Å². The number of aliphatic hydroxyl groups excluding tert-OH is 3. The van der Waals surface area contributed by atoms with Gasteiger partial charge in [-0.2, -0.15) is 0 Å². The zero-order valence-electron chi connectivity index (χ0n) is 35.0. The summed E-state index contributed by atoms with van der Waals surface area (Å²) in [7, 11) is 0. The topological polar surface area (TPSA) is 89.8 Å². The fraction of sp³-hybridized carbons (Fsp3) is 0.894. The smallest absolute Gasteiger partial charge is 0.220 e. The highest BCUT2D eigenvalue weighted by Crippen LogP contribution is 2.15. The van der Waals surface area contributed by atoms with E-state index >= 15 is 0 Å². The Bertz CT molecular complexity index is 768. The standard InChI is InChI=1S/C47H91NO4/c1-3-5-7-9-11-13-15-17-19-21-22-23-24-25-26-28-30-32-34-36-38-40-42-46(51)48-44(43-49)47(52)45(50)41-39-37-35-33-31-29-27-20-18-16-14-12-10-8-6-4-2/h24-25,33,35,44-45,47,49-50,52H,3-23,26-32,34,36-43H2,1-2H3,(H,48,51)/b25-24-,35-33+. The molecular weight excluding hydrogens is 643 g/mol. The van der Waals surface area contributed by atoms with Crippen LogP contribution in [-0.4, -0.2) is 46.1 Å². The van der Waals surface area contributed by atoms with E-state index in [1.165, 1.54) is 180 Å². The van der Waals surface area contributed by atoms with Crippen molar-refractivity contribution in [2.75, 3.05) is 6.61 Å². The molecule has 0 rings (SSSR count). The third kappa shape index (κ3) is 37.2. The molecule has 0 bridgehead atoms. The number of unbranched alkanes of at least 4 members (excludes halogenated alkanes) is 30. The Hall–Kier alpha value is -1.17. The Morgan fingerprint density at radius 1 is 0.462 bits per heavy atom. The monoisotopic (exact) mass is 734 g/mol. The summed E-state index contributed by atoms with van der Waals surface area (Å²) >= 11 is 0. The van der Waals surface area contributed by atoms with Crippen molar-refractivity contribution < 1.29 is 20.1 Å².